The Balaban J connectivity index is 0.000000215. The van der Waals surface area contributed by atoms with Gasteiger partial charge in [0.1, 0.15) is 149 Å². The summed E-state index contributed by atoms with van der Waals surface area (Å²) in [7, 11) is 15.0. The number of rotatable bonds is 18. The molecule has 580 valence electrons. The minimum atomic E-state index is -1.91. The van der Waals surface area contributed by atoms with Gasteiger partial charge in [-0.25, -0.2) is 9.15 Å². The van der Waals surface area contributed by atoms with Crippen LogP contribution in [0.15, 0.2) is 118 Å². The van der Waals surface area contributed by atoms with Crippen molar-refractivity contribution in [3.8, 4) is 44.9 Å². The minimum Gasteiger partial charge on any atom is -0.545 e. The average molecular weight is 1510 g/mol. The van der Waals surface area contributed by atoms with E-state index in [4.69, 9.17) is 37.3 Å². The topological polar surface area (TPSA) is 516 Å². The molecule has 16 N–H and O–H groups in total. The van der Waals surface area contributed by atoms with Crippen molar-refractivity contribution in [3.63, 3.8) is 0 Å². The minimum absolute atomic E-state index is 0.0861. The molecule has 4 fully saturated rings. The highest BCUT2D eigenvalue weighted by atomic mass is 16.8. The number of carboxylic acids is 2. The van der Waals surface area contributed by atoms with Crippen molar-refractivity contribution in [1.29, 1.82) is 0 Å². The number of carbonyl (C=O) groups is 4. The molecule has 2 amide bonds. The Bertz CT molecular complexity index is 4710. The molecule has 0 radical (unpaired) electrons. The van der Waals surface area contributed by atoms with Crippen molar-refractivity contribution in [1.82, 2.24) is 19.8 Å². The summed E-state index contributed by atoms with van der Waals surface area (Å²) in [5.41, 5.74) is 4.21. The fourth-order valence-corrected chi connectivity index (χ4v) is 13.3. The standard InChI is InChI=1S/2C37H43N3O14/c1-39(2)17-6-9-20-23(12-17)51-24-13-18(40(3)4)7-10-21(24)27(20)19-8-5-16(11-22(19)35(49)50)34(48)38-14-25-28(42)30(44)32(46)36(52-25)54-37-33(47)31(45)29(43)26(15-41)53-37;1-39(2)16-8-10-18-22(12-16)51-23-13-17(40(3)4)9-11-19(23)26(18)20-6-5-7-21(27(20)35(49)50)34(48)38-14-24-28(42)30(44)32(46)36(52-24)54-37-33(47)31(45)29(43)25(15-41)53-37/h5-13,25-26,28-33,36-37,41-47H,14-15H2,1-4H3,(H-,38,48,49,50);5-13,24-25,28-33,36-37,41-47H,14-15H2,1-4H3,(H-,38,48,49,50)/t25-,26-,28-,29-,30+,31+,32-,33-,36-,37-;24-,25-,28-,29-,30+,31+,32-,33-,36-,37-/m11/s1. The molecule has 0 bridgehead atoms. The highest BCUT2D eigenvalue weighted by Gasteiger charge is 2.52. The quantitative estimate of drug-likeness (QED) is 0.0281. The lowest BCUT2D eigenvalue weighted by atomic mass is 9.88. The number of aromatic carboxylic acids is 2. The summed E-state index contributed by atoms with van der Waals surface area (Å²) < 4.78 is 49.2. The second-order valence-electron chi connectivity index (χ2n) is 27.4. The van der Waals surface area contributed by atoms with E-state index in [1.165, 1.54) is 24.3 Å². The summed E-state index contributed by atoms with van der Waals surface area (Å²) in [5.74, 6) is -3.92. The molecule has 6 heterocycles. The van der Waals surface area contributed by atoms with Gasteiger partial charge >= 0.3 is 0 Å². The van der Waals surface area contributed by atoms with E-state index in [-0.39, 0.29) is 27.8 Å². The summed E-state index contributed by atoms with van der Waals surface area (Å²) in [6.45, 7) is -2.52. The molecule has 4 saturated heterocycles. The van der Waals surface area contributed by atoms with Gasteiger partial charge in [-0.2, -0.15) is 0 Å². The highest BCUT2D eigenvalue weighted by Crippen LogP contribution is 2.45. The van der Waals surface area contributed by atoms with Crippen LogP contribution in [0, 0.1) is 0 Å². The van der Waals surface area contributed by atoms with Crippen molar-refractivity contribution in [2.45, 2.75) is 123 Å². The molecule has 8 aliphatic rings. The molecule has 34 nitrogen and oxygen atoms in total. The lowest BCUT2D eigenvalue weighted by Crippen LogP contribution is -2.64. The van der Waals surface area contributed by atoms with E-state index in [2.05, 4.69) is 10.6 Å². The van der Waals surface area contributed by atoms with Crippen molar-refractivity contribution < 1.29 is 138 Å². The largest absolute Gasteiger partial charge is 0.545 e. The number of carbonyl (C=O) groups excluding carboxylic acids is 4. The molecule has 4 aromatic carbocycles. The number of aliphatic hydroxyl groups excluding tert-OH is 14. The van der Waals surface area contributed by atoms with Crippen LogP contribution in [-0.2, 0) is 28.4 Å². The number of hydrogen-bond acceptors (Lipinski definition) is 30. The molecule has 0 unspecified atom stereocenters. The summed E-state index contributed by atoms with van der Waals surface area (Å²) >= 11 is 0. The third kappa shape index (κ3) is 16.0. The molecule has 0 aromatic heterocycles. The van der Waals surface area contributed by atoms with Crippen LogP contribution in [0.5, 0.6) is 0 Å². The predicted molar refractivity (Wildman–Crippen MR) is 376 cm³/mol. The van der Waals surface area contributed by atoms with E-state index in [9.17, 15) is 101 Å². The Morgan fingerprint density at radius 2 is 0.815 bits per heavy atom. The van der Waals surface area contributed by atoms with E-state index >= 15 is 0 Å². The summed E-state index contributed by atoms with van der Waals surface area (Å²) in [6, 6.07) is 30.5. The third-order valence-electron chi connectivity index (χ3n) is 19.5. The van der Waals surface area contributed by atoms with E-state index in [1.54, 1.807) is 18.2 Å². The average Bonchev–Trinajstić information content (AvgIpc) is 0.747. The van der Waals surface area contributed by atoms with Crippen LogP contribution in [-0.4, -0.2) is 301 Å². The zero-order valence-corrected chi connectivity index (χ0v) is 59.5. The van der Waals surface area contributed by atoms with Crippen LogP contribution in [0.4, 0.5) is 11.4 Å². The second-order valence-corrected chi connectivity index (χ2v) is 27.4. The monoisotopic (exact) mass is 1510 g/mol. The Hall–Kier alpha value is -9.06. The summed E-state index contributed by atoms with van der Waals surface area (Å²) in [6.07, 6.45) is -34.4. The number of carboxylic acid groups (broad SMARTS) is 2. The van der Waals surface area contributed by atoms with Gasteiger partial charge in [-0.05, 0) is 65.7 Å². The van der Waals surface area contributed by atoms with Gasteiger partial charge in [-0.3, -0.25) is 9.59 Å². The normalized spacial score (nSPS) is 28.6. The molecule has 34 heteroatoms. The number of hydrogen-bond donors (Lipinski definition) is 16. The molecule has 0 spiro atoms. The lowest BCUT2D eigenvalue weighted by Gasteiger charge is -2.44. The number of amides is 2. The van der Waals surface area contributed by atoms with Crippen LogP contribution in [0.1, 0.15) is 41.4 Å². The molecular formula is C74H86N6O28. The van der Waals surface area contributed by atoms with Gasteiger partial charge in [0.15, 0.2) is 25.2 Å². The van der Waals surface area contributed by atoms with Gasteiger partial charge < -0.3 is 149 Å². The van der Waals surface area contributed by atoms with E-state index in [1.807, 2.05) is 136 Å². The maximum atomic E-state index is 13.8. The second kappa shape index (κ2) is 33.0. The van der Waals surface area contributed by atoms with Gasteiger partial charge in [0.25, 0.3) is 11.8 Å². The van der Waals surface area contributed by atoms with Crippen LogP contribution < -0.4 is 50.5 Å². The molecule has 4 aromatic rings. The van der Waals surface area contributed by atoms with Crippen molar-refractivity contribution in [3.05, 3.63) is 142 Å². The van der Waals surface area contributed by atoms with Crippen molar-refractivity contribution in [2.24, 2.45) is 0 Å². The summed E-state index contributed by atoms with van der Waals surface area (Å²) in [4.78, 5) is 56.5. The first-order chi connectivity index (χ1) is 51.2. The first-order valence-corrected chi connectivity index (χ1v) is 34.2. The lowest BCUT2D eigenvalue weighted by molar-refractivity contribution is -0.374. The maximum Gasteiger partial charge on any atom is 0.252 e. The third-order valence-corrected chi connectivity index (χ3v) is 19.5. The Kier molecular flexibility index (Phi) is 24.5. The van der Waals surface area contributed by atoms with Crippen LogP contribution in [0.2, 0.25) is 0 Å². The van der Waals surface area contributed by atoms with Gasteiger partial charge in [0, 0.05) is 132 Å². The molecule has 20 atom stereocenters. The summed E-state index contributed by atoms with van der Waals surface area (Å²) in [5, 5.41) is 177. The Labute approximate surface area is 615 Å². The molecule has 6 aliphatic heterocycles. The number of ether oxygens (including phenoxy) is 6. The van der Waals surface area contributed by atoms with Gasteiger partial charge in [0.05, 0.1) is 37.3 Å². The van der Waals surface area contributed by atoms with Crippen LogP contribution in [0.25, 0.3) is 66.8 Å². The highest BCUT2D eigenvalue weighted by molar-refractivity contribution is 6.13. The van der Waals surface area contributed by atoms with Crippen LogP contribution >= 0.6 is 0 Å². The molecule has 2 aliphatic carbocycles. The van der Waals surface area contributed by atoms with E-state index in [0.29, 0.717) is 55.7 Å². The number of fused-ring (bicyclic) bond motifs is 4. The maximum absolute atomic E-state index is 13.8. The molecular weight excluding hydrogens is 1420 g/mol. The van der Waals surface area contributed by atoms with Gasteiger partial charge in [-0.15, -0.1) is 0 Å². The van der Waals surface area contributed by atoms with E-state index < -0.39 is 178 Å². The first kappa shape index (κ1) is 80.0. The fourth-order valence-electron chi connectivity index (χ4n) is 13.3. The number of aliphatic hydroxyl groups is 14. The zero-order chi connectivity index (χ0) is 78.3. The number of nitrogens with zero attached hydrogens (tertiary/aromatic N) is 4. The Morgan fingerprint density at radius 1 is 0.426 bits per heavy atom. The molecule has 12 rings (SSSR count). The smallest absolute Gasteiger partial charge is 0.252 e. The fraction of sp³-hybridized carbons (Fsp3) is 0.432. The first-order valence-electron chi connectivity index (χ1n) is 34.2. The van der Waals surface area contributed by atoms with Crippen molar-refractivity contribution in [2.75, 3.05) is 92.5 Å². The van der Waals surface area contributed by atoms with Gasteiger partial charge in [0.2, 0.25) is 10.7 Å². The SMILES string of the molecule is CN(C)c1ccc2c(-c3ccc(C(=O)NC[C@H]4O[C@H](O[C@H]5O[C@H](CO)[C@@H](O)[C@H](O)[C@H]5O)[C@H](O)[C@@H](O)[C@@H]4O)cc3C(=O)[O-])c3ccc(=[N+](C)C)cc-3oc2c1.CN(C)c1ccc2c(-c3cccc(C(=O)NC[C@H]4O[C@H](O[C@H]5O[C@H](CO)[C@@H](O)[C@H](O)[C@H]5O)[C@H](O)[C@@H](O)[C@@H]4O)c3C(=O)[O-])c3ccc(=[N+](C)C)cc-3oc2c1. The Morgan fingerprint density at radius 3 is 1.20 bits per heavy atom. The number of nitrogens with one attached hydrogen (secondary N) is 2. The molecule has 0 saturated carbocycles. The number of anilines is 2. The predicted octanol–water partition coefficient (Wildman–Crippen LogP) is -5.96. The zero-order valence-electron chi connectivity index (χ0n) is 59.5. The molecule has 108 heavy (non-hydrogen) atoms. The van der Waals surface area contributed by atoms with Crippen LogP contribution in [0.3, 0.4) is 0 Å². The van der Waals surface area contributed by atoms with Gasteiger partial charge in [-0.1, -0.05) is 18.2 Å². The number of benzene rings is 6. The van der Waals surface area contributed by atoms with Crippen molar-refractivity contribution >= 4 is 57.1 Å². The van der Waals surface area contributed by atoms with E-state index in [0.717, 1.165) is 28.2 Å².